The summed E-state index contributed by atoms with van der Waals surface area (Å²) >= 11 is 0. The summed E-state index contributed by atoms with van der Waals surface area (Å²) < 4.78 is 0. The minimum absolute atomic E-state index is 0.322. The number of carbonyl (C=O) groups excluding carboxylic acids is 1. The average molecular weight is 140 g/mol. The minimum Gasteiger partial charge on any atom is -0.343 e. The lowest BCUT2D eigenvalue weighted by Crippen LogP contribution is -2.27. The molecule has 10 heavy (non-hydrogen) atoms. The quantitative estimate of drug-likeness (QED) is 0.583. The number of nitrogens with zero attached hydrogens (tertiary/aromatic N) is 1. The van der Waals surface area contributed by atoms with Gasteiger partial charge in [-0.25, -0.2) is 0 Å². The van der Waals surface area contributed by atoms with Crippen molar-refractivity contribution in [1.29, 1.82) is 5.26 Å². The molecule has 0 saturated carbocycles. The van der Waals surface area contributed by atoms with Gasteiger partial charge in [-0.3, -0.25) is 4.79 Å². The summed E-state index contributed by atoms with van der Waals surface area (Å²) in [7, 11) is 0. The fraction of sp³-hybridized carbons (Fsp3) is 0.714. The van der Waals surface area contributed by atoms with Crippen molar-refractivity contribution in [2.45, 2.75) is 26.3 Å². The van der Waals surface area contributed by atoms with Crippen LogP contribution in [-0.2, 0) is 4.79 Å². The zero-order valence-corrected chi connectivity index (χ0v) is 6.29. The molecule has 1 N–H and O–H groups in total. The van der Waals surface area contributed by atoms with Crippen molar-refractivity contribution in [2.75, 3.05) is 0 Å². The highest BCUT2D eigenvalue weighted by Crippen LogP contribution is 2.02. The molecule has 3 nitrogen and oxygen atoms in total. The third kappa shape index (κ3) is 3.90. The van der Waals surface area contributed by atoms with E-state index < -0.39 is 0 Å². The number of amides is 1. The Morgan fingerprint density at radius 2 is 2.30 bits per heavy atom. The number of nitriles is 1. The Morgan fingerprint density at radius 1 is 1.70 bits per heavy atom. The molecule has 0 aromatic carbocycles. The van der Waals surface area contributed by atoms with Crippen LogP contribution in [0.2, 0.25) is 0 Å². The molecule has 0 heterocycles. The van der Waals surface area contributed by atoms with Crippen LogP contribution in [0.15, 0.2) is 0 Å². The topological polar surface area (TPSA) is 52.9 Å². The van der Waals surface area contributed by atoms with Gasteiger partial charge in [-0.1, -0.05) is 13.8 Å². The second kappa shape index (κ2) is 4.80. The number of nitrogens with one attached hydrogen (secondary N) is 1. The second-order valence-corrected chi connectivity index (χ2v) is 2.60. The lowest BCUT2D eigenvalue weighted by Gasteiger charge is -2.08. The first-order chi connectivity index (χ1) is 4.70. The van der Waals surface area contributed by atoms with Crippen LogP contribution >= 0.6 is 0 Å². The predicted molar refractivity (Wildman–Crippen MR) is 38.1 cm³/mol. The van der Waals surface area contributed by atoms with Gasteiger partial charge in [0.05, 0.1) is 6.07 Å². The van der Waals surface area contributed by atoms with Crippen molar-refractivity contribution in [3.05, 3.63) is 0 Å². The molecule has 3 heteroatoms. The van der Waals surface area contributed by atoms with Crippen LogP contribution in [-0.4, -0.2) is 12.5 Å². The first kappa shape index (κ1) is 8.96. The number of hydrogen-bond acceptors (Lipinski definition) is 2. The van der Waals surface area contributed by atoms with Crippen LogP contribution in [0.25, 0.3) is 0 Å². The van der Waals surface area contributed by atoms with Gasteiger partial charge in [-0.2, -0.15) is 5.26 Å². The summed E-state index contributed by atoms with van der Waals surface area (Å²) in [5, 5.41) is 10.9. The molecule has 56 valence electrons. The van der Waals surface area contributed by atoms with E-state index in [1.807, 2.05) is 19.9 Å². The summed E-state index contributed by atoms with van der Waals surface area (Å²) in [6.07, 6.45) is 1.28. The Bertz CT molecular complexity index is 137. The second-order valence-electron chi connectivity index (χ2n) is 2.60. The van der Waals surface area contributed by atoms with E-state index >= 15 is 0 Å². The molecule has 0 rings (SSSR count). The highest BCUT2D eigenvalue weighted by Gasteiger charge is 2.06. The molecule has 0 aliphatic carbocycles. The molecule has 0 bridgehead atoms. The molecule has 0 aliphatic heterocycles. The van der Waals surface area contributed by atoms with Crippen molar-refractivity contribution in [3.8, 4) is 6.07 Å². The fourth-order valence-electron chi connectivity index (χ4n) is 0.712. The summed E-state index contributed by atoms with van der Waals surface area (Å²) in [6, 6.07) is 1.67. The number of carbonyl (C=O) groups is 1. The van der Waals surface area contributed by atoms with Crippen molar-refractivity contribution < 1.29 is 4.79 Å². The van der Waals surface area contributed by atoms with E-state index in [4.69, 9.17) is 5.26 Å². The van der Waals surface area contributed by atoms with Crippen molar-refractivity contribution >= 4 is 6.41 Å². The summed E-state index contributed by atoms with van der Waals surface area (Å²) in [6.45, 7) is 4.02. The zero-order chi connectivity index (χ0) is 7.98. The van der Waals surface area contributed by atoms with Gasteiger partial charge in [0.1, 0.15) is 6.04 Å². The van der Waals surface area contributed by atoms with Gasteiger partial charge in [0, 0.05) is 0 Å². The van der Waals surface area contributed by atoms with Crippen molar-refractivity contribution in [1.82, 2.24) is 5.32 Å². The Labute approximate surface area is 61.0 Å². The predicted octanol–water partition coefficient (Wildman–Crippen LogP) is 0.671. The van der Waals surface area contributed by atoms with E-state index in [-0.39, 0.29) is 6.04 Å². The van der Waals surface area contributed by atoms with E-state index in [2.05, 4.69) is 5.32 Å². The van der Waals surface area contributed by atoms with Crippen molar-refractivity contribution in [3.63, 3.8) is 0 Å². The van der Waals surface area contributed by atoms with E-state index in [1.54, 1.807) is 0 Å². The number of hydrogen-bond donors (Lipinski definition) is 1. The molecule has 0 saturated heterocycles. The first-order valence-electron chi connectivity index (χ1n) is 3.30. The Hall–Kier alpha value is -1.04. The van der Waals surface area contributed by atoms with Gasteiger partial charge in [-0.05, 0) is 12.3 Å². The lowest BCUT2D eigenvalue weighted by atomic mass is 10.1. The van der Waals surface area contributed by atoms with Gasteiger partial charge >= 0.3 is 0 Å². The molecular formula is C7H12N2O. The van der Waals surface area contributed by atoms with E-state index in [0.717, 1.165) is 6.42 Å². The number of rotatable bonds is 4. The minimum atomic E-state index is -0.322. The molecule has 0 radical (unpaired) electrons. The average Bonchev–Trinajstić information content (AvgIpc) is 1.86. The molecule has 0 aromatic heterocycles. The van der Waals surface area contributed by atoms with E-state index in [1.165, 1.54) is 0 Å². The monoisotopic (exact) mass is 140 g/mol. The molecule has 0 aliphatic rings. The van der Waals surface area contributed by atoms with E-state index in [9.17, 15) is 4.79 Å². The molecule has 0 fully saturated rings. The van der Waals surface area contributed by atoms with Crippen molar-refractivity contribution in [2.24, 2.45) is 5.92 Å². The van der Waals surface area contributed by atoms with Gasteiger partial charge in [0.15, 0.2) is 0 Å². The highest BCUT2D eigenvalue weighted by molar-refractivity contribution is 5.47. The van der Waals surface area contributed by atoms with Crippen LogP contribution in [0, 0.1) is 17.2 Å². The van der Waals surface area contributed by atoms with Crippen LogP contribution in [0.5, 0.6) is 0 Å². The Morgan fingerprint density at radius 3 is 2.60 bits per heavy atom. The maximum atomic E-state index is 9.89. The maximum Gasteiger partial charge on any atom is 0.208 e. The zero-order valence-electron chi connectivity index (χ0n) is 6.29. The Kier molecular flexibility index (Phi) is 4.30. The molecular weight excluding hydrogens is 128 g/mol. The molecule has 0 aromatic rings. The van der Waals surface area contributed by atoms with Crippen LogP contribution in [0.4, 0.5) is 0 Å². The first-order valence-corrected chi connectivity index (χ1v) is 3.30. The molecule has 1 amide bonds. The summed E-state index contributed by atoms with van der Waals surface area (Å²) in [5.41, 5.74) is 0. The van der Waals surface area contributed by atoms with Crippen LogP contribution in [0.1, 0.15) is 20.3 Å². The SMILES string of the molecule is CC(C)C[C@@H](C#N)NC=O. The van der Waals surface area contributed by atoms with E-state index in [0.29, 0.717) is 12.3 Å². The molecule has 0 unspecified atom stereocenters. The fourth-order valence-corrected chi connectivity index (χ4v) is 0.712. The molecule has 1 atom stereocenters. The Balaban J connectivity index is 3.62. The van der Waals surface area contributed by atoms with Gasteiger partial charge in [0.25, 0.3) is 0 Å². The smallest absolute Gasteiger partial charge is 0.208 e. The summed E-state index contributed by atoms with van der Waals surface area (Å²) in [5.74, 6) is 0.442. The lowest BCUT2D eigenvalue weighted by molar-refractivity contribution is -0.109. The maximum absolute atomic E-state index is 9.89. The normalized spacial score (nSPS) is 12.2. The summed E-state index contributed by atoms with van der Waals surface area (Å²) in [4.78, 5) is 9.89. The standard InChI is InChI=1S/C7H12N2O/c1-6(2)3-7(4-8)9-5-10/h5-7H,3H2,1-2H3,(H,9,10)/t7-/m0/s1. The van der Waals surface area contributed by atoms with Gasteiger partial charge in [0.2, 0.25) is 6.41 Å². The molecule has 0 spiro atoms. The third-order valence-electron chi connectivity index (χ3n) is 1.13. The van der Waals surface area contributed by atoms with Gasteiger partial charge in [-0.15, -0.1) is 0 Å². The highest BCUT2D eigenvalue weighted by atomic mass is 16.1. The van der Waals surface area contributed by atoms with Crippen LogP contribution < -0.4 is 5.32 Å². The van der Waals surface area contributed by atoms with Crippen LogP contribution in [0.3, 0.4) is 0 Å². The largest absolute Gasteiger partial charge is 0.343 e. The van der Waals surface area contributed by atoms with Gasteiger partial charge < -0.3 is 5.32 Å². The third-order valence-corrected chi connectivity index (χ3v) is 1.13.